The van der Waals surface area contributed by atoms with Crippen LogP contribution in [0.2, 0.25) is 0 Å². The van der Waals surface area contributed by atoms with E-state index in [0.29, 0.717) is 50.5 Å². The third kappa shape index (κ3) is 15.2. The maximum atomic E-state index is 15.8. The minimum Gasteiger partial charge on any atom is -0.433 e. The van der Waals surface area contributed by atoms with Crippen LogP contribution in [-0.2, 0) is 85.4 Å². The molecule has 19 N–H and O–H groups in total. The number of fused-ring (bicyclic) bond motifs is 7. The molecule has 109 heavy (non-hydrogen) atoms. The lowest BCUT2D eigenvalue weighted by atomic mass is 9.32. The monoisotopic (exact) mass is 1570 g/mol. The summed E-state index contributed by atoms with van der Waals surface area (Å²) in [6.45, 7) is 12.6. The Morgan fingerprint density at radius 1 is 0.514 bits per heavy atom. The maximum absolute atomic E-state index is 15.8. The molecule has 5 aliphatic carbocycles. The van der Waals surface area contributed by atoms with Gasteiger partial charge in [0.15, 0.2) is 50.1 Å². The Kier molecular flexibility index (Phi) is 25.2. The van der Waals surface area contributed by atoms with Crippen molar-refractivity contribution in [3.8, 4) is 0 Å². The van der Waals surface area contributed by atoms with Crippen molar-refractivity contribution in [2.45, 2.75) is 323 Å². The Bertz CT molecular complexity index is 3200. The molecule has 624 valence electrons. The molecular weight excluding hydrogens is 1460 g/mol. The molecule has 0 aromatic heterocycles. The van der Waals surface area contributed by atoms with Crippen LogP contribution in [0.1, 0.15) is 127 Å². The minimum atomic E-state index is -2.16. The molecule has 7 heterocycles. The summed E-state index contributed by atoms with van der Waals surface area (Å²) in [5.74, 6) is -4.97. The van der Waals surface area contributed by atoms with Crippen molar-refractivity contribution >= 4 is 17.7 Å². The molecule has 37 heteroatoms. The van der Waals surface area contributed by atoms with Crippen LogP contribution in [0, 0.1) is 56.2 Å². The second kappa shape index (κ2) is 32.2. The topological polar surface area (TPSA) is 574 Å². The Morgan fingerprint density at radius 2 is 1.11 bits per heavy atom. The van der Waals surface area contributed by atoms with Gasteiger partial charge in [0.2, 0.25) is 12.6 Å². The average Bonchev–Trinajstić information content (AvgIpc) is 0.746. The van der Waals surface area contributed by atoms with Crippen LogP contribution in [-0.4, -0.2) is 351 Å². The predicted molar refractivity (Wildman–Crippen MR) is 357 cm³/mol. The average molecular weight is 1570 g/mol. The van der Waals surface area contributed by atoms with Gasteiger partial charge < -0.3 is 168 Å². The van der Waals surface area contributed by atoms with Crippen molar-refractivity contribution < 1.29 is 182 Å². The molecule has 7 saturated heterocycles. The summed E-state index contributed by atoms with van der Waals surface area (Å²) in [5.41, 5.74) is -7.30. The molecule has 37 nitrogen and oxygen atoms in total. The first-order chi connectivity index (χ1) is 51.0. The summed E-state index contributed by atoms with van der Waals surface area (Å²) < 4.78 is 89.1. The fraction of sp³-hybridized carbons (Fsp3) is 0.931. The van der Waals surface area contributed by atoms with E-state index in [4.69, 9.17) is 71.1 Å². The zero-order valence-corrected chi connectivity index (χ0v) is 62.4. The van der Waals surface area contributed by atoms with E-state index in [1.807, 2.05) is 20.8 Å². The zero-order chi connectivity index (χ0) is 79.6. The summed E-state index contributed by atoms with van der Waals surface area (Å²) >= 11 is 0. The van der Waals surface area contributed by atoms with Gasteiger partial charge in [0.1, 0.15) is 121 Å². The molecule has 0 radical (unpaired) electrons. The summed E-state index contributed by atoms with van der Waals surface area (Å²) in [4.78, 5) is 41.6. The van der Waals surface area contributed by atoms with Crippen LogP contribution >= 0.6 is 0 Å². The van der Waals surface area contributed by atoms with Gasteiger partial charge >= 0.3 is 11.9 Å². The summed E-state index contributed by atoms with van der Waals surface area (Å²) in [5, 5.41) is 212. The van der Waals surface area contributed by atoms with Crippen LogP contribution in [0.5, 0.6) is 0 Å². The number of ether oxygens (including phenoxy) is 15. The molecule has 11 fully saturated rings. The quantitative estimate of drug-likeness (QED) is 0.0307. The van der Waals surface area contributed by atoms with Crippen molar-refractivity contribution in [3.05, 3.63) is 11.6 Å². The van der Waals surface area contributed by atoms with Gasteiger partial charge in [-0.1, -0.05) is 60.1 Å². The number of hydrogen-bond acceptors (Lipinski definition) is 37. The van der Waals surface area contributed by atoms with Crippen LogP contribution in [0.4, 0.5) is 0 Å². The molecule has 0 amide bonds. The number of Topliss-reactive ketones (excluding diaryl/α,β-unsaturated/α-hetero) is 1. The highest BCUT2D eigenvalue weighted by atomic mass is 16.8. The Hall–Kier alpha value is -2.93. The van der Waals surface area contributed by atoms with E-state index in [1.165, 1.54) is 6.92 Å². The molecule has 4 saturated carbocycles. The highest BCUT2D eigenvalue weighted by Crippen LogP contribution is 2.76. The Morgan fingerprint density at radius 3 is 1.75 bits per heavy atom. The van der Waals surface area contributed by atoms with Crippen molar-refractivity contribution in [2.24, 2.45) is 56.2 Å². The lowest BCUT2D eigenvalue weighted by Gasteiger charge is -2.72. The Labute approximate surface area is 628 Å². The van der Waals surface area contributed by atoms with E-state index in [2.05, 4.69) is 33.8 Å². The Balaban J connectivity index is 0.799. The molecular formula is C72H114O37. The van der Waals surface area contributed by atoms with Crippen molar-refractivity contribution in [2.75, 3.05) is 39.6 Å². The van der Waals surface area contributed by atoms with Crippen molar-refractivity contribution in [1.29, 1.82) is 0 Å². The number of esters is 2. The number of carbonyl (C=O) groups is 3. The van der Waals surface area contributed by atoms with E-state index >= 15 is 4.79 Å². The third-order valence-electron chi connectivity index (χ3n) is 27.0. The maximum Gasteiger partial charge on any atom is 0.317 e. The van der Waals surface area contributed by atoms with E-state index in [0.717, 1.165) is 6.92 Å². The molecule has 0 spiro atoms. The van der Waals surface area contributed by atoms with Gasteiger partial charge in [-0.15, -0.1) is 0 Å². The molecule has 0 aromatic carbocycles. The zero-order valence-electron chi connectivity index (χ0n) is 62.4. The molecule has 12 rings (SSSR count). The summed E-state index contributed by atoms with van der Waals surface area (Å²) in [6.07, 6.45) is -49.8. The van der Waals surface area contributed by atoms with E-state index < -0.39 is 305 Å². The fourth-order valence-electron chi connectivity index (χ4n) is 20.6. The third-order valence-corrected chi connectivity index (χ3v) is 27.0. The first-order valence-electron chi connectivity index (χ1n) is 37.8. The number of aliphatic hydroxyl groups is 19. The smallest absolute Gasteiger partial charge is 0.317 e. The second-order valence-electron chi connectivity index (χ2n) is 34.6. The molecule has 4 unspecified atom stereocenters. The fourth-order valence-corrected chi connectivity index (χ4v) is 20.6. The summed E-state index contributed by atoms with van der Waals surface area (Å²) in [6, 6.07) is 0. The number of aliphatic hydroxyl groups excluding tert-OH is 18. The highest BCUT2D eigenvalue weighted by Gasteiger charge is 2.75. The van der Waals surface area contributed by atoms with Gasteiger partial charge in [-0.25, -0.2) is 0 Å². The first kappa shape index (κ1) is 85.4. The van der Waals surface area contributed by atoms with Crippen LogP contribution in [0.25, 0.3) is 0 Å². The van der Waals surface area contributed by atoms with E-state index in [-0.39, 0.29) is 24.7 Å². The van der Waals surface area contributed by atoms with Gasteiger partial charge in [-0.3, -0.25) is 14.3 Å². The van der Waals surface area contributed by atoms with Gasteiger partial charge in [-0.2, -0.15) is 0 Å². The molecule has 40 atom stereocenters. The van der Waals surface area contributed by atoms with Crippen LogP contribution in [0.15, 0.2) is 11.6 Å². The normalized spacial score (nSPS) is 52.5. The van der Waals surface area contributed by atoms with E-state index in [1.54, 1.807) is 0 Å². The second-order valence-corrected chi connectivity index (χ2v) is 34.6. The largest absolute Gasteiger partial charge is 0.433 e. The van der Waals surface area contributed by atoms with Gasteiger partial charge in [0, 0.05) is 31.1 Å². The number of allylic oxidation sites excluding steroid dienone is 1. The lowest BCUT2D eigenvalue weighted by Crippen LogP contribution is -2.73. The molecule has 7 aliphatic heterocycles. The highest BCUT2D eigenvalue weighted by molar-refractivity contribution is 5.80. The van der Waals surface area contributed by atoms with Gasteiger partial charge in [-0.05, 0) is 97.7 Å². The summed E-state index contributed by atoms with van der Waals surface area (Å²) in [7, 11) is 0. The predicted octanol–water partition coefficient (Wildman–Crippen LogP) is -5.95. The molecule has 0 bridgehead atoms. The van der Waals surface area contributed by atoms with Crippen LogP contribution in [0.3, 0.4) is 0 Å². The van der Waals surface area contributed by atoms with E-state index in [9.17, 15) is 107 Å². The van der Waals surface area contributed by atoms with Gasteiger partial charge in [0.25, 0.3) is 0 Å². The molecule has 12 aliphatic rings. The SMILES string of the molecule is CC(=O)C[C@H]1[C@H](O[C@H]2CC[C@@]3(C)C(CC[C@]4(C)C3CC=C3C5CC(C)(C)CC[C@]5(C(=O)O[C@@H]5O[C@H](OC(C)=O)[C@@H](O)[C@H](O)[C@H]5O[C@@H]5OC[C@@H](O)[C@@H](O[C@@H]6C[C@](O)(CO)[C@@H](O)O6)[C@H]5O)[C@H](O)[C@H](O)[C@]34C)C2(C)C)O[C@H](CO[C@@H]2OC[C@H](O)[C@H](O[C@@H]3OC[C@@H](O)[C@H](O)[C@H]3O)[C@H]2O)C(O[C@@H]2O[C@H](CO)[C@@H](O)[C@H](O)[C@H]2O)[C@@H]1O. The van der Waals surface area contributed by atoms with Crippen molar-refractivity contribution in [1.82, 2.24) is 0 Å². The number of carbonyl (C=O) groups excluding carboxylic acids is 3. The van der Waals surface area contributed by atoms with Crippen molar-refractivity contribution in [3.63, 3.8) is 0 Å². The molecule has 0 aromatic rings. The lowest BCUT2D eigenvalue weighted by molar-refractivity contribution is -0.378. The van der Waals surface area contributed by atoms with Gasteiger partial charge in [0.05, 0.1) is 64.1 Å². The first-order valence-corrected chi connectivity index (χ1v) is 37.8. The minimum absolute atomic E-state index is 0.0522. The number of rotatable bonds is 20. The standard InChI is InChI=1S/C72H114O37/c1-27(75)18-29-41(80)53(106-62-47(86)44(83)43(82)35(21-73)100-62)36(25-98-58-49(88)52(34(79)23-95-58)105-59-46(85)42(81)32(77)22-96-59)101-57(29)102-39-13-14-68(7)37(67(39,5)6)12-15-69(8)38(68)11-10-30-31-19-66(3,4)16-17-72(31,56(91)55(90)70(30,69)9)65(93)109-63-54(45(84)48(87)61(108-63)99-28(2)76)107-60-50(89)51(33(78)24-97-60)103-40-20-71(94,26-74)64(92)104-40/h10,29,31-64,73-74,77-92,94H,11-26H2,1-9H3/t29-,31?,32-,33-,34+,35-,36-,37?,38?,39+,40+,41-,42+,43-,44+,45+,46-,47-,48+,49-,50-,51-,52+,53?,54-,55+,56-,57+,58+,59+,60+,61+,62+,63+,64+,68+,69-,70+,71+,72-/m1/s1. The number of hydrogen-bond donors (Lipinski definition) is 19. The van der Waals surface area contributed by atoms with Crippen LogP contribution < -0.4 is 0 Å². The number of ketones is 1.